The molecule has 2 atom stereocenters. The smallest absolute Gasteiger partial charge is 0.317 e. The molecule has 1 aliphatic heterocycles. The molecule has 1 saturated heterocycles. The lowest BCUT2D eigenvalue weighted by atomic mass is 9.87. The molecule has 1 aliphatic rings. The Morgan fingerprint density at radius 1 is 1.45 bits per heavy atom. The van der Waals surface area contributed by atoms with E-state index in [-0.39, 0.29) is 30.2 Å². The summed E-state index contributed by atoms with van der Waals surface area (Å²) in [6, 6.07) is 0.121. The van der Waals surface area contributed by atoms with Gasteiger partial charge in [-0.1, -0.05) is 13.8 Å². The predicted molar refractivity (Wildman–Crippen MR) is 79.5 cm³/mol. The number of aliphatic hydroxyl groups excluding tert-OH is 2. The van der Waals surface area contributed by atoms with Crippen LogP contribution in [0.4, 0.5) is 4.79 Å². The van der Waals surface area contributed by atoms with Crippen LogP contribution in [0.1, 0.15) is 52.9 Å². The van der Waals surface area contributed by atoms with Crippen LogP contribution in [-0.2, 0) is 0 Å². The van der Waals surface area contributed by atoms with E-state index in [4.69, 9.17) is 5.11 Å². The highest BCUT2D eigenvalue weighted by Gasteiger charge is 2.28. The summed E-state index contributed by atoms with van der Waals surface area (Å²) in [4.78, 5) is 14.1. The summed E-state index contributed by atoms with van der Waals surface area (Å²) < 4.78 is 0. The third-order valence-corrected chi connectivity index (χ3v) is 3.92. The lowest BCUT2D eigenvalue weighted by Crippen LogP contribution is -2.50. The number of nitrogens with zero attached hydrogens (tertiary/aromatic N) is 1. The highest BCUT2D eigenvalue weighted by molar-refractivity contribution is 5.74. The summed E-state index contributed by atoms with van der Waals surface area (Å²) in [5.74, 6) is 0. The van der Waals surface area contributed by atoms with Crippen molar-refractivity contribution in [3.63, 3.8) is 0 Å². The van der Waals surface area contributed by atoms with E-state index in [0.29, 0.717) is 19.4 Å². The number of carbonyl (C=O) groups is 1. The monoisotopic (exact) mass is 286 g/mol. The molecule has 0 aliphatic carbocycles. The number of hydrogen-bond donors (Lipinski definition) is 3. The van der Waals surface area contributed by atoms with Gasteiger partial charge in [0.05, 0.1) is 6.10 Å². The maximum Gasteiger partial charge on any atom is 0.317 e. The highest BCUT2D eigenvalue weighted by atomic mass is 16.3. The number of nitrogens with one attached hydrogen (secondary N) is 1. The van der Waals surface area contributed by atoms with E-state index in [0.717, 1.165) is 25.8 Å². The van der Waals surface area contributed by atoms with Crippen molar-refractivity contribution in [1.82, 2.24) is 10.2 Å². The molecule has 2 amide bonds. The maximum atomic E-state index is 12.3. The number of rotatable bonds is 6. The van der Waals surface area contributed by atoms with Crippen LogP contribution >= 0.6 is 0 Å². The van der Waals surface area contributed by atoms with Gasteiger partial charge in [0, 0.05) is 25.7 Å². The molecule has 20 heavy (non-hydrogen) atoms. The summed E-state index contributed by atoms with van der Waals surface area (Å²) in [5, 5.41) is 21.5. The zero-order chi connectivity index (χ0) is 15.2. The Morgan fingerprint density at radius 2 is 2.15 bits per heavy atom. The molecule has 5 nitrogen and oxygen atoms in total. The van der Waals surface area contributed by atoms with Crippen molar-refractivity contribution in [2.45, 2.75) is 65.0 Å². The Balaban J connectivity index is 2.47. The highest BCUT2D eigenvalue weighted by Crippen LogP contribution is 2.22. The van der Waals surface area contributed by atoms with Crippen LogP contribution < -0.4 is 5.32 Å². The quantitative estimate of drug-likeness (QED) is 0.696. The molecule has 2 unspecified atom stereocenters. The first kappa shape index (κ1) is 17.2. The third kappa shape index (κ3) is 5.67. The molecule has 0 bridgehead atoms. The third-order valence-electron chi connectivity index (χ3n) is 3.92. The summed E-state index contributed by atoms with van der Waals surface area (Å²) in [6.45, 7) is 7.31. The van der Waals surface area contributed by atoms with E-state index < -0.39 is 0 Å². The normalized spacial score (nSPS) is 21.6. The first-order valence-electron chi connectivity index (χ1n) is 7.69. The molecular weight excluding hydrogens is 256 g/mol. The number of carbonyl (C=O) groups excluding carboxylic acids is 1. The van der Waals surface area contributed by atoms with Crippen LogP contribution in [0, 0.1) is 5.41 Å². The van der Waals surface area contributed by atoms with E-state index in [1.54, 1.807) is 6.92 Å². The van der Waals surface area contributed by atoms with Gasteiger partial charge >= 0.3 is 6.03 Å². The number of hydrogen-bond acceptors (Lipinski definition) is 3. The average Bonchev–Trinajstić information content (AvgIpc) is 2.36. The summed E-state index contributed by atoms with van der Waals surface area (Å²) in [7, 11) is 0. The molecule has 0 aromatic rings. The van der Waals surface area contributed by atoms with Gasteiger partial charge in [-0.25, -0.2) is 4.79 Å². The minimum absolute atomic E-state index is 0.0400. The van der Waals surface area contributed by atoms with Gasteiger partial charge < -0.3 is 20.4 Å². The van der Waals surface area contributed by atoms with Crippen molar-refractivity contribution in [2.24, 2.45) is 5.41 Å². The Kier molecular flexibility index (Phi) is 6.76. The minimum atomic E-state index is -0.362. The molecule has 0 radical (unpaired) electrons. The number of aliphatic hydroxyl groups is 2. The SMILES string of the molecule is CC(O)CC(C)(C)CNC(=O)N1CCCCC1CCO. The second-order valence-electron chi connectivity index (χ2n) is 6.73. The van der Waals surface area contributed by atoms with E-state index in [1.807, 2.05) is 18.7 Å². The zero-order valence-electron chi connectivity index (χ0n) is 13.1. The fourth-order valence-corrected chi connectivity index (χ4v) is 3.01. The number of likely N-dealkylation sites (tertiary alicyclic amines) is 1. The van der Waals surface area contributed by atoms with Gasteiger partial charge in [0.25, 0.3) is 0 Å². The fourth-order valence-electron chi connectivity index (χ4n) is 3.01. The second-order valence-corrected chi connectivity index (χ2v) is 6.73. The number of urea groups is 1. The molecule has 1 heterocycles. The molecule has 0 aromatic heterocycles. The number of amides is 2. The van der Waals surface area contributed by atoms with Gasteiger partial charge in [-0.2, -0.15) is 0 Å². The van der Waals surface area contributed by atoms with Crippen LogP contribution in [0.5, 0.6) is 0 Å². The average molecular weight is 286 g/mol. The molecule has 0 aromatic carbocycles. The molecule has 0 saturated carbocycles. The largest absolute Gasteiger partial charge is 0.396 e. The van der Waals surface area contributed by atoms with Crippen LogP contribution in [0.15, 0.2) is 0 Å². The lowest BCUT2D eigenvalue weighted by Gasteiger charge is -2.36. The van der Waals surface area contributed by atoms with Crippen molar-refractivity contribution >= 4 is 6.03 Å². The first-order chi connectivity index (χ1) is 9.35. The minimum Gasteiger partial charge on any atom is -0.396 e. The van der Waals surface area contributed by atoms with Crippen LogP contribution in [-0.4, -0.2) is 53.0 Å². The summed E-state index contributed by atoms with van der Waals surface area (Å²) >= 11 is 0. The Labute approximate surface area is 122 Å². The molecule has 5 heteroatoms. The second kappa shape index (κ2) is 7.84. The van der Waals surface area contributed by atoms with Gasteiger partial charge in [0.15, 0.2) is 0 Å². The van der Waals surface area contributed by atoms with Crippen molar-refractivity contribution in [2.75, 3.05) is 19.7 Å². The van der Waals surface area contributed by atoms with E-state index >= 15 is 0 Å². The molecule has 3 N–H and O–H groups in total. The summed E-state index contributed by atoms with van der Waals surface area (Å²) in [5.41, 5.74) is -0.119. The Bertz CT molecular complexity index is 303. The van der Waals surface area contributed by atoms with Gasteiger partial charge in [-0.3, -0.25) is 0 Å². The molecule has 1 rings (SSSR count). The van der Waals surface area contributed by atoms with Gasteiger partial charge in [0.1, 0.15) is 0 Å². The lowest BCUT2D eigenvalue weighted by molar-refractivity contribution is 0.115. The molecule has 0 spiro atoms. The maximum absolute atomic E-state index is 12.3. The van der Waals surface area contributed by atoms with Crippen molar-refractivity contribution in [1.29, 1.82) is 0 Å². The first-order valence-corrected chi connectivity index (χ1v) is 7.69. The summed E-state index contributed by atoms with van der Waals surface area (Å²) in [6.07, 6.45) is 4.09. The van der Waals surface area contributed by atoms with Crippen molar-refractivity contribution < 1.29 is 15.0 Å². The van der Waals surface area contributed by atoms with Crippen molar-refractivity contribution in [3.8, 4) is 0 Å². The standard InChI is InChI=1S/C15H30N2O3/c1-12(19)10-15(2,3)11-16-14(20)17-8-5-4-6-13(17)7-9-18/h12-13,18-19H,4-11H2,1-3H3,(H,16,20). The zero-order valence-corrected chi connectivity index (χ0v) is 13.1. The molecule has 118 valence electrons. The Hall–Kier alpha value is -0.810. The fraction of sp³-hybridized carbons (Fsp3) is 0.933. The van der Waals surface area contributed by atoms with Gasteiger partial charge in [-0.15, -0.1) is 0 Å². The van der Waals surface area contributed by atoms with Crippen LogP contribution in [0.2, 0.25) is 0 Å². The van der Waals surface area contributed by atoms with Gasteiger partial charge in [0.2, 0.25) is 0 Å². The van der Waals surface area contributed by atoms with E-state index in [2.05, 4.69) is 5.32 Å². The van der Waals surface area contributed by atoms with Crippen molar-refractivity contribution in [3.05, 3.63) is 0 Å². The molecule has 1 fully saturated rings. The van der Waals surface area contributed by atoms with Crippen LogP contribution in [0.25, 0.3) is 0 Å². The van der Waals surface area contributed by atoms with E-state index in [1.165, 1.54) is 0 Å². The van der Waals surface area contributed by atoms with Gasteiger partial charge in [-0.05, 0) is 44.4 Å². The Morgan fingerprint density at radius 3 is 2.75 bits per heavy atom. The number of piperidine rings is 1. The van der Waals surface area contributed by atoms with E-state index in [9.17, 15) is 9.90 Å². The topological polar surface area (TPSA) is 72.8 Å². The van der Waals surface area contributed by atoms with Crippen LogP contribution in [0.3, 0.4) is 0 Å². The molecular formula is C15H30N2O3. The predicted octanol–water partition coefficient (Wildman–Crippen LogP) is 1.73.